The minimum Gasteiger partial charge on any atom is -0.341 e. The molecule has 0 fully saturated rings. The molecule has 1 aliphatic heterocycles. The summed E-state index contributed by atoms with van der Waals surface area (Å²) in [7, 11) is 0. The zero-order valence-electron chi connectivity index (χ0n) is 10.3. The predicted octanol–water partition coefficient (Wildman–Crippen LogP) is 3.78. The number of nitrogens with zero attached hydrogens (tertiary/aromatic N) is 1. The van der Waals surface area contributed by atoms with E-state index in [1.165, 1.54) is 0 Å². The molecule has 1 radical (unpaired) electrons. The third kappa shape index (κ3) is 4.45. The quantitative estimate of drug-likeness (QED) is 0.363. The number of carbonyl (C=O) groups is 1. The van der Waals surface area contributed by atoms with Crippen molar-refractivity contribution >= 4 is 45.8 Å². The van der Waals surface area contributed by atoms with E-state index in [9.17, 15) is 13.6 Å². The minimum absolute atomic E-state index is 0. The van der Waals surface area contributed by atoms with Crippen LogP contribution in [0.15, 0.2) is 24.3 Å². The zero-order valence-corrected chi connectivity index (χ0v) is 16.1. The molecule has 2 rings (SSSR count). The van der Waals surface area contributed by atoms with Crippen molar-refractivity contribution in [1.29, 1.82) is 0 Å². The van der Waals surface area contributed by atoms with Crippen LogP contribution in [-0.4, -0.2) is 27.7 Å². The molecule has 105 valence electrons. The number of carbonyl (C=O) groups excluding carboxylic acids is 1. The van der Waals surface area contributed by atoms with E-state index in [2.05, 4.69) is 6.08 Å². The van der Waals surface area contributed by atoms with Gasteiger partial charge in [-0.25, -0.2) is 14.9 Å². The van der Waals surface area contributed by atoms with E-state index in [1.807, 2.05) is 22.6 Å². The molecule has 1 aliphatic rings. The van der Waals surface area contributed by atoms with Gasteiger partial charge in [-0.2, -0.15) is 5.56 Å². The number of hydrogen-bond acceptors (Lipinski definition) is 1. The molecule has 2 nitrogen and oxygen atoms in total. The fourth-order valence-electron chi connectivity index (χ4n) is 1.83. The summed E-state index contributed by atoms with van der Waals surface area (Å²) >= 11 is 7.74. The van der Waals surface area contributed by atoms with Gasteiger partial charge in [0.1, 0.15) is 0 Å². The number of rotatable bonds is 3. The van der Waals surface area contributed by atoms with E-state index in [0.29, 0.717) is 22.7 Å². The molecule has 1 aromatic rings. The first-order valence-corrected chi connectivity index (χ1v) is 7.21. The first-order chi connectivity index (χ1) is 8.99. The van der Waals surface area contributed by atoms with Crippen molar-refractivity contribution in [3.8, 4) is 0 Å². The first-order valence-electron chi connectivity index (χ1n) is 5.59. The molecule has 1 amide bonds. The Hall–Kier alpha value is 0.414. The average Bonchev–Trinajstić information content (AvgIpc) is 2.36. The Labute approximate surface area is 159 Å². The Morgan fingerprint density at radius 1 is 1.40 bits per heavy atom. The summed E-state index contributed by atoms with van der Waals surface area (Å²) in [6, 6.07) is 6.72. The van der Waals surface area contributed by atoms with Crippen molar-refractivity contribution < 1.29 is 46.3 Å². The van der Waals surface area contributed by atoms with Crippen molar-refractivity contribution in [3.05, 3.63) is 40.9 Å². The second-order valence-electron chi connectivity index (χ2n) is 4.04. The van der Waals surface area contributed by atoms with Crippen molar-refractivity contribution in [3.63, 3.8) is 0 Å². The van der Waals surface area contributed by atoms with Crippen molar-refractivity contribution in [2.75, 3.05) is 6.54 Å². The van der Waals surface area contributed by atoms with Crippen LogP contribution < -0.4 is 0 Å². The second kappa shape index (κ2) is 8.15. The SMILES string of the molecule is O=C1C(I)C[C-]=C(c2ccc(Cl)cc2)N1CC(F)F.[Y]. The molecule has 1 heterocycles. The third-order valence-corrected chi connectivity index (χ3v) is 3.92. The summed E-state index contributed by atoms with van der Waals surface area (Å²) in [5.41, 5.74) is 1.08. The van der Waals surface area contributed by atoms with Gasteiger partial charge in [0.25, 0.3) is 6.43 Å². The van der Waals surface area contributed by atoms with Gasteiger partial charge in [0.05, 0.1) is 10.5 Å². The summed E-state index contributed by atoms with van der Waals surface area (Å²) in [5, 5.41) is 0.554. The van der Waals surface area contributed by atoms with Gasteiger partial charge in [-0.05, 0) is 0 Å². The molecule has 0 spiro atoms. The normalized spacial score (nSPS) is 18.9. The Balaban J connectivity index is 0.00000200. The van der Waals surface area contributed by atoms with Gasteiger partial charge in [0.15, 0.2) is 0 Å². The Bertz CT molecular complexity index is 510. The number of hydrogen-bond donors (Lipinski definition) is 0. The van der Waals surface area contributed by atoms with Gasteiger partial charge in [0, 0.05) is 37.7 Å². The van der Waals surface area contributed by atoms with E-state index in [1.54, 1.807) is 24.3 Å². The fraction of sp³-hybridized carbons (Fsp3) is 0.308. The number of benzene rings is 1. The van der Waals surface area contributed by atoms with Gasteiger partial charge in [-0.15, -0.1) is 17.8 Å². The van der Waals surface area contributed by atoms with Crippen LogP contribution in [0, 0.1) is 6.08 Å². The molecule has 1 atom stereocenters. The molecule has 1 unspecified atom stereocenters. The van der Waals surface area contributed by atoms with Crippen LogP contribution in [0.25, 0.3) is 5.70 Å². The summed E-state index contributed by atoms with van der Waals surface area (Å²) < 4.78 is 24.9. The van der Waals surface area contributed by atoms with Crippen LogP contribution >= 0.6 is 34.2 Å². The molecule has 20 heavy (non-hydrogen) atoms. The van der Waals surface area contributed by atoms with Crippen molar-refractivity contribution in [2.24, 2.45) is 0 Å². The summed E-state index contributed by atoms with van der Waals surface area (Å²) in [4.78, 5) is 13.1. The topological polar surface area (TPSA) is 20.3 Å². The molecular weight excluding hydrogens is 475 g/mol. The number of halogens is 4. The van der Waals surface area contributed by atoms with Crippen LogP contribution in [0.3, 0.4) is 0 Å². The van der Waals surface area contributed by atoms with Gasteiger partial charge >= 0.3 is 0 Å². The van der Waals surface area contributed by atoms with E-state index in [-0.39, 0.29) is 42.5 Å². The zero-order chi connectivity index (χ0) is 14.0. The Kier molecular flexibility index (Phi) is 7.53. The molecule has 0 bridgehead atoms. The second-order valence-corrected chi connectivity index (χ2v) is 5.98. The summed E-state index contributed by atoms with van der Waals surface area (Å²) in [6.45, 7) is -0.608. The molecule has 7 heteroatoms. The molecule has 0 saturated heterocycles. The molecule has 1 aromatic carbocycles. The largest absolute Gasteiger partial charge is 0.341 e. The van der Waals surface area contributed by atoms with Gasteiger partial charge in [0.2, 0.25) is 5.91 Å². The monoisotopic (exact) mass is 485 g/mol. The van der Waals surface area contributed by atoms with Crippen LogP contribution in [0.2, 0.25) is 5.02 Å². The maximum Gasteiger partial charge on any atom is 0.256 e. The Morgan fingerprint density at radius 2 is 2.00 bits per heavy atom. The molecular formula is C13H10ClF2INOY-. The van der Waals surface area contributed by atoms with Gasteiger partial charge in [-0.1, -0.05) is 52.7 Å². The fourth-order valence-corrected chi connectivity index (χ4v) is 2.52. The minimum atomic E-state index is -2.57. The van der Waals surface area contributed by atoms with Gasteiger partial charge < -0.3 is 4.90 Å². The van der Waals surface area contributed by atoms with Crippen LogP contribution in [-0.2, 0) is 37.5 Å². The third-order valence-electron chi connectivity index (χ3n) is 2.69. The first kappa shape index (κ1) is 18.5. The van der Waals surface area contributed by atoms with Crippen LogP contribution in [0.1, 0.15) is 12.0 Å². The van der Waals surface area contributed by atoms with Crippen LogP contribution in [0.5, 0.6) is 0 Å². The van der Waals surface area contributed by atoms with Gasteiger partial charge in [-0.3, -0.25) is 4.79 Å². The maximum atomic E-state index is 12.6. The molecule has 0 N–H and O–H groups in total. The number of allylic oxidation sites excluding steroid dienone is 1. The molecule has 0 aromatic heterocycles. The van der Waals surface area contributed by atoms with Crippen molar-refractivity contribution in [2.45, 2.75) is 16.8 Å². The number of amides is 1. The summed E-state index contributed by atoms with van der Waals surface area (Å²) in [5.74, 6) is -0.301. The predicted molar refractivity (Wildman–Crippen MR) is 78.2 cm³/mol. The maximum absolute atomic E-state index is 12.6. The van der Waals surface area contributed by atoms with E-state index in [0.717, 1.165) is 4.90 Å². The van der Waals surface area contributed by atoms with Crippen LogP contribution in [0.4, 0.5) is 8.78 Å². The molecule has 0 aliphatic carbocycles. The smallest absolute Gasteiger partial charge is 0.256 e. The Morgan fingerprint density at radius 3 is 2.55 bits per heavy atom. The van der Waals surface area contributed by atoms with Crippen molar-refractivity contribution in [1.82, 2.24) is 4.90 Å². The standard InChI is InChI=1S/C13H10ClF2INO.Y/c14-9-3-1-8(2-4-9)11-6-5-10(17)13(19)18(11)7-12(15)16;/h1-4,10,12H,5,7H2;/q-1;. The van der Waals surface area contributed by atoms with E-state index >= 15 is 0 Å². The van der Waals surface area contributed by atoms with E-state index in [4.69, 9.17) is 11.6 Å². The number of alkyl halides is 3. The summed E-state index contributed by atoms with van der Waals surface area (Å²) in [6.07, 6.45) is 0.882. The molecule has 0 saturated carbocycles. The van der Waals surface area contributed by atoms with E-state index < -0.39 is 13.0 Å². The average molecular weight is 485 g/mol.